The first-order valence-corrected chi connectivity index (χ1v) is 4.22. The largest absolute Gasteiger partial charge is 0.469 e. The van der Waals surface area contributed by atoms with Crippen molar-refractivity contribution in [1.82, 2.24) is 10.2 Å². The normalized spacial score (nSPS) is 17.6. The van der Waals surface area contributed by atoms with E-state index in [1.54, 1.807) is 0 Å². The van der Waals surface area contributed by atoms with Crippen molar-refractivity contribution in [3.8, 4) is 0 Å². The first kappa shape index (κ1) is 9.48. The van der Waals surface area contributed by atoms with E-state index in [1.807, 2.05) is 7.05 Å². The van der Waals surface area contributed by atoms with Gasteiger partial charge in [-0.2, -0.15) is 0 Å². The number of esters is 1. The third-order valence-electron chi connectivity index (χ3n) is 2.28. The van der Waals surface area contributed by atoms with E-state index in [1.165, 1.54) is 7.11 Å². The van der Waals surface area contributed by atoms with E-state index >= 15 is 0 Å². The lowest BCUT2D eigenvalue weighted by Gasteiger charge is -2.35. The molecule has 1 heterocycles. The number of nitrogens with one attached hydrogen (secondary N) is 1. The van der Waals surface area contributed by atoms with E-state index in [2.05, 4.69) is 15.0 Å². The van der Waals surface area contributed by atoms with Gasteiger partial charge in [0.05, 0.1) is 13.5 Å². The van der Waals surface area contributed by atoms with Crippen molar-refractivity contribution in [2.75, 3.05) is 33.8 Å². The molecule has 1 aliphatic rings. The molecule has 1 N–H and O–H groups in total. The fourth-order valence-corrected chi connectivity index (χ4v) is 1.14. The molecule has 12 heavy (non-hydrogen) atoms. The quantitative estimate of drug-likeness (QED) is 0.578. The highest BCUT2D eigenvalue weighted by atomic mass is 16.5. The molecule has 1 saturated heterocycles. The molecule has 0 aliphatic carbocycles. The second-order valence-corrected chi connectivity index (χ2v) is 3.12. The molecule has 0 aromatic carbocycles. The predicted octanol–water partition coefficient (Wildman–Crippen LogP) is -0.547. The van der Waals surface area contributed by atoms with Crippen LogP contribution in [0.4, 0.5) is 0 Å². The number of hydrogen-bond acceptors (Lipinski definition) is 4. The van der Waals surface area contributed by atoms with E-state index < -0.39 is 0 Å². The van der Waals surface area contributed by atoms with Gasteiger partial charge in [0.25, 0.3) is 0 Å². The van der Waals surface area contributed by atoms with Crippen LogP contribution in [0.1, 0.15) is 6.42 Å². The molecular weight excluding hydrogens is 156 g/mol. The Morgan fingerprint density at radius 3 is 2.75 bits per heavy atom. The van der Waals surface area contributed by atoms with E-state index in [0.717, 1.165) is 19.6 Å². The number of likely N-dealkylation sites (N-methyl/N-ethyl adjacent to an activating group) is 1. The van der Waals surface area contributed by atoms with Crippen molar-refractivity contribution in [3.05, 3.63) is 0 Å². The Bertz CT molecular complexity index is 157. The van der Waals surface area contributed by atoms with Crippen molar-refractivity contribution < 1.29 is 9.53 Å². The van der Waals surface area contributed by atoms with Crippen LogP contribution >= 0.6 is 0 Å². The Hall–Kier alpha value is -0.610. The summed E-state index contributed by atoms with van der Waals surface area (Å²) in [6.45, 7) is 2.87. The second kappa shape index (κ2) is 4.42. The number of hydrogen-bond donors (Lipinski definition) is 1. The number of ether oxygens (including phenoxy) is 1. The molecule has 1 aliphatic heterocycles. The minimum Gasteiger partial charge on any atom is -0.469 e. The summed E-state index contributed by atoms with van der Waals surface area (Å²) in [4.78, 5) is 13.0. The molecule has 1 rings (SSSR count). The lowest BCUT2D eigenvalue weighted by molar-refractivity contribution is -0.141. The Morgan fingerprint density at radius 1 is 1.67 bits per heavy atom. The van der Waals surface area contributed by atoms with Crippen LogP contribution in [0, 0.1) is 0 Å². The van der Waals surface area contributed by atoms with Gasteiger partial charge in [0.2, 0.25) is 0 Å². The SMILES string of the molecule is COC(=O)CCN(C)C1CNC1. The van der Waals surface area contributed by atoms with Crippen LogP contribution in [0.2, 0.25) is 0 Å². The van der Waals surface area contributed by atoms with Crippen LogP contribution < -0.4 is 5.32 Å². The van der Waals surface area contributed by atoms with Gasteiger partial charge in [0, 0.05) is 25.7 Å². The maximum Gasteiger partial charge on any atom is 0.306 e. The summed E-state index contributed by atoms with van der Waals surface area (Å²) >= 11 is 0. The zero-order valence-electron chi connectivity index (χ0n) is 7.67. The molecule has 0 spiro atoms. The Kier molecular flexibility index (Phi) is 3.49. The molecular formula is C8H16N2O2. The number of methoxy groups -OCH3 is 1. The summed E-state index contributed by atoms with van der Waals surface area (Å²) in [5.41, 5.74) is 0. The molecule has 0 radical (unpaired) electrons. The minimum absolute atomic E-state index is 0.130. The van der Waals surface area contributed by atoms with Crippen LogP contribution in [0.25, 0.3) is 0 Å². The summed E-state index contributed by atoms with van der Waals surface area (Å²) in [5.74, 6) is -0.130. The monoisotopic (exact) mass is 172 g/mol. The van der Waals surface area contributed by atoms with Gasteiger partial charge >= 0.3 is 5.97 Å². The number of carbonyl (C=O) groups is 1. The van der Waals surface area contributed by atoms with Crippen LogP contribution in [-0.2, 0) is 9.53 Å². The maximum absolute atomic E-state index is 10.8. The van der Waals surface area contributed by atoms with Gasteiger partial charge in [-0.05, 0) is 7.05 Å². The topological polar surface area (TPSA) is 41.6 Å². The summed E-state index contributed by atoms with van der Waals surface area (Å²) < 4.78 is 4.55. The lowest BCUT2D eigenvalue weighted by atomic mass is 10.1. The van der Waals surface area contributed by atoms with E-state index in [-0.39, 0.29) is 5.97 Å². The zero-order chi connectivity index (χ0) is 8.97. The third-order valence-corrected chi connectivity index (χ3v) is 2.28. The lowest BCUT2D eigenvalue weighted by Crippen LogP contribution is -2.56. The third kappa shape index (κ3) is 2.46. The molecule has 4 heteroatoms. The smallest absolute Gasteiger partial charge is 0.306 e. The fraction of sp³-hybridized carbons (Fsp3) is 0.875. The van der Waals surface area contributed by atoms with Gasteiger partial charge in [-0.15, -0.1) is 0 Å². The van der Waals surface area contributed by atoms with Crippen LogP contribution in [-0.4, -0.2) is 50.7 Å². The van der Waals surface area contributed by atoms with Gasteiger partial charge in [0.1, 0.15) is 0 Å². The summed E-state index contributed by atoms with van der Waals surface area (Å²) in [6, 6.07) is 0.606. The molecule has 0 aromatic rings. The average molecular weight is 172 g/mol. The van der Waals surface area contributed by atoms with Crippen molar-refractivity contribution in [1.29, 1.82) is 0 Å². The highest BCUT2D eigenvalue weighted by Crippen LogP contribution is 2.02. The summed E-state index contributed by atoms with van der Waals surface area (Å²) in [6.07, 6.45) is 0.490. The van der Waals surface area contributed by atoms with E-state index in [4.69, 9.17) is 0 Å². The molecule has 1 fully saturated rings. The van der Waals surface area contributed by atoms with E-state index in [0.29, 0.717) is 12.5 Å². The maximum atomic E-state index is 10.8. The number of carbonyl (C=O) groups excluding carboxylic acids is 1. The first-order valence-electron chi connectivity index (χ1n) is 4.22. The Labute approximate surface area is 72.9 Å². The van der Waals surface area contributed by atoms with Gasteiger partial charge in [-0.25, -0.2) is 0 Å². The summed E-state index contributed by atoms with van der Waals surface area (Å²) in [7, 11) is 3.46. The van der Waals surface area contributed by atoms with Gasteiger partial charge < -0.3 is 15.0 Å². The molecule has 0 unspecified atom stereocenters. The standard InChI is InChI=1S/C8H16N2O2/c1-10(7-5-9-6-7)4-3-8(11)12-2/h7,9H,3-6H2,1-2H3. The molecule has 0 amide bonds. The van der Waals surface area contributed by atoms with Crippen molar-refractivity contribution >= 4 is 5.97 Å². The van der Waals surface area contributed by atoms with E-state index in [9.17, 15) is 4.79 Å². The molecule has 0 bridgehead atoms. The van der Waals surface area contributed by atoms with Crippen LogP contribution in [0.5, 0.6) is 0 Å². The number of rotatable bonds is 4. The Morgan fingerprint density at radius 2 is 2.33 bits per heavy atom. The first-order chi connectivity index (χ1) is 5.74. The van der Waals surface area contributed by atoms with Crippen LogP contribution in [0.15, 0.2) is 0 Å². The van der Waals surface area contributed by atoms with Crippen LogP contribution in [0.3, 0.4) is 0 Å². The Balaban J connectivity index is 2.09. The second-order valence-electron chi connectivity index (χ2n) is 3.12. The predicted molar refractivity (Wildman–Crippen MR) is 45.9 cm³/mol. The van der Waals surface area contributed by atoms with Gasteiger partial charge in [0.15, 0.2) is 0 Å². The molecule has 70 valence electrons. The van der Waals surface area contributed by atoms with Gasteiger partial charge in [-0.3, -0.25) is 4.79 Å². The van der Waals surface area contributed by atoms with Crippen molar-refractivity contribution in [3.63, 3.8) is 0 Å². The summed E-state index contributed by atoms with van der Waals surface area (Å²) in [5, 5.41) is 3.19. The highest BCUT2D eigenvalue weighted by molar-refractivity contribution is 5.69. The fourth-order valence-electron chi connectivity index (χ4n) is 1.14. The number of nitrogens with zero attached hydrogens (tertiary/aromatic N) is 1. The average Bonchev–Trinajstić information content (AvgIpc) is 1.97. The molecule has 0 atom stereocenters. The zero-order valence-corrected chi connectivity index (χ0v) is 7.67. The van der Waals surface area contributed by atoms with Crippen molar-refractivity contribution in [2.24, 2.45) is 0 Å². The highest BCUT2D eigenvalue weighted by Gasteiger charge is 2.21. The molecule has 0 aromatic heterocycles. The van der Waals surface area contributed by atoms with Gasteiger partial charge in [-0.1, -0.05) is 0 Å². The van der Waals surface area contributed by atoms with Crippen molar-refractivity contribution in [2.45, 2.75) is 12.5 Å². The minimum atomic E-state index is -0.130. The molecule has 4 nitrogen and oxygen atoms in total. The molecule has 0 saturated carbocycles.